The molecule has 7 heteroatoms. The Bertz CT molecular complexity index is 1720. The summed E-state index contributed by atoms with van der Waals surface area (Å²) in [5, 5.41) is 4.52. The highest BCUT2D eigenvalue weighted by Crippen LogP contribution is 2.67. The van der Waals surface area contributed by atoms with Crippen molar-refractivity contribution in [2.24, 2.45) is 11.3 Å². The minimum atomic E-state index is -0.903. The molecule has 2 heterocycles. The number of aryl methyl sites for hydroxylation is 1. The van der Waals surface area contributed by atoms with E-state index in [0.29, 0.717) is 25.8 Å². The van der Waals surface area contributed by atoms with E-state index in [-0.39, 0.29) is 29.1 Å². The first-order valence-electron chi connectivity index (χ1n) is 17.4. The molecule has 0 bridgehead atoms. The molecule has 0 spiro atoms. The predicted octanol–water partition coefficient (Wildman–Crippen LogP) is 7.81. The molecule has 3 aromatic carbocycles. The van der Waals surface area contributed by atoms with E-state index in [9.17, 15) is 9.59 Å². The van der Waals surface area contributed by atoms with Gasteiger partial charge in [-0.1, -0.05) is 81.6 Å². The summed E-state index contributed by atoms with van der Waals surface area (Å²) in [5.74, 6) is 0.483. The van der Waals surface area contributed by atoms with Crippen LogP contribution in [0, 0.1) is 18.3 Å². The molecule has 0 radical (unpaired) electrons. The number of aromatic amines is 1. The van der Waals surface area contributed by atoms with E-state index < -0.39 is 5.54 Å². The Hall–Kier alpha value is -4.10. The first-order chi connectivity index (χ1) is 22.8. The summed E-state index contributed by atoms with van der Waals surface area (Å²) in [4.78, 5) is 37.1. The molecule has 2 amide bonds. The second kappa shape index (κ2) is 12.8. The smallest absolute Gasteiger partial charge is 0.250 e. The maximum Gasteiger partial charge on any atom is 0.250 e. The summed E-state index contributed by atoms with van der Waals surface area (Å²) in [6.45, 7) is 10.4. The van der Waals surface area contributed by atoms with Crippen molar-refractivity contribution in [2.45, 2.75) is 77.3 Å². The third kappa shape index (κ3) is 6.06. The molecule has 3 fully saturated rings. The molecule has 4 aromatic rings. The van der Waals surface area contributed by atoms with Crippen LogP contribution in [0.5, 0.6) is 0 Å². The van der Waals surface area contributed by atoms with Gasteiger partial charge >= 0.3 is 0 Å². The number of rotatable bonds is 9. The topological polar surface area (TPSA) is 77.7 Å². The number of H-pyrrole nitrogens is 1. The largest absolute Gasteiger partial charge is 0.378 e. The third-order valence-electron chi connectivity index (χ3n) is 11.3. The fraction of sp³-hybridized carbons (Fsp3) is 0.450. The molecule has 7 nitrogen and oxygen atoms in total. The minimum absolute atomic E-state index is 0.0198. The molecule has 1 aromatic heterocycles. The Morgan fingerprint density at radius 3 is 2.32 bits per heavy atom. The summed E-state index contributed by atoms with van der Waals surface area (Å²) >= 11 is 0. The summed E-state index contributed by atoms with van der Waals surface area (Å²) in [7, 11) is 0. The Morgan fingerprint density at radius 1 is 0.915 bits per heavy atom. The SMILES string of the molecule is Cc1[nH]c2ccccc2c1[C@@H]1[C@@H](CC(=O)N(Cc2ccccc2)C2(C(=O)Nc3ccc(N4CCOCC4)cc3)CCCCC2)C1(C)C. The van der Waals surface area contributed by atoms with Crippen molar-refractivity contribution in [1.29, 1.82) is 0 Å². The Morgan fingerprint density at radius 2 is 1.60 bits per heavy atom. The average molecular weight is 633 g/mol. The molecule has 1 saturated heterocycles. The molecule has 2 aliphatic carbocycles. The lowest BCUT2D eigenvalue weighted by molar-refractivity contribution is -0.149. The number of carbonyl (C=O) groups is 2. The van der Waals surface area contributed by atoms with Crippen molar-refractivity contribution in [3.05, 3.63) is 95.7 Å². The van der Waals surface area contributed by atoms with Crippen LogP contribution in [-0.2, 0) is 20.9 Å². The second-order valence-electron chi connectivity index (χ2n) is 14.5. The number of ether oxygens (including phenoxy) is 1. The average Bonchev–Trinajstić information content (AvgIpc) is 3.44. The van der Waals surface area contributed by atoms with Gasteiger partial charge < -0.3 is 24.8 Å². The minimum Gasteiger partial charge on any atom is -0.378 e. The van der Waals surface area contributed by atoms with Gasteiger partial charge in [0, 0.05) is 54.0 Å². The van der Waals surface area contributed by atoms with Crippen molar-refractivity contribution >= 4 is 34.1 Å². The van der Waals surface area contributed by atoms with Gasteiger partial charge in [0.1, 0.15) is 5.54 Å². The van der Waals surface area contributed by atoms with Crippen LogP contribution in [0.1, 0.15) is 75.1 Å². The summed E-state index contributed by atoms with van der Waals surface area (Å²) < 4.78 is 5.51. The molecule has 2 N–H and O–H groups in total. The molecule has 0 unspecified atom stereocenters. The zero-order valence-corrected chi connectivity index (χ0v) is 28.1. The molecule has 7 rings (SSSR count). The van der Waals surface area contributed by atoms with Crippen molar-refractivity contribution in [3.63, 3.8) is 0 Å². The van der Waals surface area contributed by atoms with Gasteiger partial charge in [-0.2, -0.15) is 0 Å². The lowest BCUT2D eigenvalue weighted by atomic mass is 9.78. The van der Waals surface area contributed by atoms with Gasteiger partial charge in [0.05, 0.1) is 13.2 Å². The number of hydrogen-bond acceptors (Lipinski definition) is 4. The summed E-state index contributed by atoms with van der Waals surface area (Å²) in [5.41, 5.74) is 5.69. The maximum atomic E-state index is 14.8. The first kappa shape index (κ1) is 31.5. The van der Waals surface area contributed by atoms with Crippen LogP contribution in [0.25, 0.3) is 10.9 Å². The Kier molecular flexibility index (Phi) is 8.60. The predicted molar refractivity (Wildman–Crippen MR) is 189 cm³/mol. The number of morpholine rings is 1. The third-order valence-corrected chi connectivity index (χ3v) is 11.3. The Balaban J connectivity index is 1.17. The summed E-state index contributed by atoms with van der Waals surface area (Å²) in [6, 6.07) is 26.8. The lowest BCUT2D eigenvalue weighted by Crippen LogP contribution is -2.59. The highest BCUT2D eigenvalue weighted by atomic mass is 16.5. The number of anilines is 2. The number of hydrogen-bond donors (Lipinski definition) is 2. The highest BCUT2D eigenvalue weighted by Gasteiger charge is 2.60. The fourth-order valence-electron chi connectivity index (χ4n) is 8.52. The van der Waals surface area contributed by atoms with Gasteiger partial charge in [-0.3, -0.25) is 9.59 Å². The zero-order chi connectivity index (χ0) is 32.6. The second-order valence-corrected chi connectivity index (χ2v) is 14.5. The van der Waals surface area contributed by atoms with Crippen LogP contribution in [0.4, 0.5) is 11.4 Å². The maximum absolute atomic E-state index is 14.8. The number of amides is 2. The van der Waals surface area contributed by atoms with Crippen molar-refractivity contribution in [1.82, 2.24) is 9.88 Å². The van der Waals surface area contributed by atoms with Gasteiger partial charge in [0.25, 0.3) is 0 Å². The van der Waals surface area contributed by atoms with Crippen molar-refractivity contribution in [3.8, 4) is 0 Å². The molecular formula is C40H48N4O3. The zero-order valence-electron chi connectivity index (χ0n) is 28.1. The van der Waals surface area contributed by atoms with Gasteiger partial charge in [-0.25, -0.2) is 0 Å². The first-order valence-corrected chi connectivity index (χ1v) is 17.4. The highest BCUT2D eigenvalue weighted by molar-refractivity contribution is 6.01. The van der Waals surface area contributed by atoms with Crippen LogP contribution >= 0.6 is 0 Å². The van der Waals surface area contributed by atoms with E-state index in [1.165, 1.54) is 16.6 Å². The number of nitrogens with zero attached hydrogens (tertiary/aromatic N) is 2. The molecule has 246 valence electrons. The number of fused-ring (bicyclic) bond motifs is 1. The number of carbonyl (C=O) groups excluding carboxylic acids is 2. The standard InChI is InChI=1S/C40H48N4O3/c1-28-36(32-14-8-9-15-34(32)41-28)37-33(39(37,2)3)26-35(45)44(27-29-12-6-4-7-13-29)40(20-10-5-11-21-40)38(46)42-30-16-18-31(19-17-30)43-22-24-47-25-23-43/h4,6-9,12-19,33,37,41H,5,10-11,20-27H2,1-3H3,(H,42,46)/t33-,37+/m1/s1. The quantitative estimate of drug-likeness (QED) is 0.197. The van der Waals surface area contributed by atoms with Crippen LogP contribution in [0.15, 0.2) is 78.9 Å². The van der Waals surface area contributed by atoms with Gasteiger partial charge in [-0.15, -0.1) is 0 Å². The van der Waals surface area contributed by atoms with E-state index >= 15 is 0 Å². The number of nitrogens with one attached hydrogen (secondary N) is 2. The van der Waals surface area contributed by atoms with Gasteiger partial charge in [-0.05, 0) is 78.5 Å². The monoisotopic (exact) mass is 632 g/mol. The number of benzene rings is 3. The van der Waals surface area contributed by atoms with Gasteiger partial charge in [0.2, 0.25) is 11.8 Å². The van der Waals surface area contributed by atoms with E-state index in [0.717, 1.165) is 68.0 Å². The Labute approximate surface area is 278 Å². The van der Waals surface area contributed by atoms with Gasteiger partial charge in [0.15, 0.2) is 0 Å². The summed E-state index contributed by atoms with van der Waals surface area (Å²) in [6.07, 6.45) is 4.69. The van der Waals surface area contributed by atoms with Crippen molar-refractivity contribution < 1.29 is 14.3 Å². The molecular weight excluding hydrogens is 584 g/mol. The molecule has 2 saturated carbocycles. The normalized spacial score (nSPS) is 21.7. The van der Waals surface area contributed by atoms with Crippen LogP contribution in [-0.4, -0.2) is 53.5 Å². The van der Waals surface area contributed by atoms with Crippen LogP contribution in [0.2, 0.25) is 0 Å². The van der Waals surface area contributed by atoms with Crippen molar-refractivity contribution in [2.75, 3.05) is 36.5 Å². The molecule has 2 atom stereocenters. The van der Waals surface area contributed by atoms with E-state index in [1.54, 1.807) is 0 Å². The van der Waals surface area contributed by atoms with E-state index in [1.807, 2.05) is 35.2 Å². The van der Waals surface area contributed by atoms with Crippen LogP contribution in [0.3, 0.4) is 0 Å². The number of aromatic nitrogens is 1. The van der Waals surface area contributed by atoms with Crippen LogP contribution < -0.4 is 10.2 Å². The molecule has 1 aliphatic heterocycles. The lowest BCUT2D eigenvalue weighted by Gasteiger charge is -2.45. The van der Waals surface area contributed by atoms with E-state index in [4.69, 9.17) is 4.74 Å². The fourth-order valence-corrected chi connectivity index (χ4v) is 8.52. The molecule has 3 aliphatic rings. The number of para-hydroxylation sites is 1. The van der Waals surface area contributed by atoms with E-state index in [2.05, 4.69) is 84.5 Å². The molecule has 47 heavy (non-hydrogen) atoms.